The van der Waals surface area contributed by atoms with Crippen LogP contribution in [0.5, 0.6) is 0 Å². The van der Waals surface area contributed by atoms with Crippen molar-refractivity contribution in [1.82, 2.24) is 4.98 Å². The van der Waals surface area contributed by atoms with Crippen molar-refractivity contribution in [3.8, 4) is 0 Å². The van der Waals surface area contributed by atoms with Crippen LogP contribution in [0.2, 0.25) is 5.02 Å². The fourth-order valence-corrected chi connectivity index (χ4v) is 2.42. The number of carbonyl (C=O) groups excluding carboxylic acids is 1. The molecule has 3 aromatic rings. The summed E-state index contributed by atoms with van der Waals surface area (Å²) in [6.45, 7) is 0. The highest BCUT2D eigenvalue weighted by atomic mass is 35.5. The van der Waals surface area contributed by atoms with Crippen LogP contribution in [0.4, 0.5) is 30.4 Å². The second-order valence-electron chi connectivity index (χ2n) is 5.24. The van der Waals surface area contributed by atoms with Gasteiger partial charge in [-0.1, -0.05) is 17.7 Å². The summed E-state index contributed by atoms with van der Waals surface area (Å²) in [5.74, 6) is -3.23. The van der Waals surface area contributed by atoms with E-state index in [0.717, 1.165) is 18.2 Å². The average molecular weight is 378 g/mol. The molecule has 0 saturated heterocycles. The van der Waals surface area contributed by atoms with Gasteiger partial charge in [0.1, 0.15) is 11.6 Å². The van der Waals surface area contributed by atoms with E-state index in [1.54, 1.807) is 6.07 Å². The number of nitrogens with one attached hydrogen (secondary N) is 2. The monoisotopic (exact) mass is 377 g/mol. The van der Waals surface area contributed by atoms with Gasteiger partial charge in [0.15, 0.2) is 11.6 Å². The van der Waals surface area contributed by atoms with Crippen molar-refractivity contribution in [3.63, 3.8) is 0 Å². The molecule has 0 aliphatic rings. The number of anilines is 3. The number of benzene rings is 2. The Labute approximate surface area is 151 Å². The first-order valence-electron chi connectivity index (χ1n) is 7.37. The Morgan fingerprint density at radius 3 is 2.35 bits per heavy atom. The van der Waals surface area contributed by atoms with Crippen molar-refractivity contribution in [2.45, 2.75) is 0 Å². The van der Waals surface area contributed by atoms with Gasteiger partial charge in [0.05, 0.1) is 22.5 Å². The zero-order chi connectivity index (χ0) is 18.7. The van der Waals surface area contributed by atoms with Crippen LogP contribution in [0.3, 0.4) is 0 Å². The molecule has 2 aromatic carbocycles. The molecule has 1 aromatic heterocycles. The van der Waals surface area contributed by atoms with Gasteiger partial charge in [-0.3, -0.25) is 4.79 Å². The van der Waals surface area contributed by atoms with Crippen molar-refractivity contribution in [2.75, 3.05) is 10.6 Å². The first kappa shape index (κ1) is 17.8. The van der Waals surface area contributed by atoms with E-state index in [4.69, 9.17) is 11.6 Å². The zero-order valence-electron chi connectivity index (χ0n) is 13.1. The first-order chi connectivity index (χ1) is 12.4. The Morgan fingerprint density at radius 2 is 1.69 bits per heavy atom. The Bertz CT molecular complexity index is 944. The Hall–Kier alpha value is -3.06. The van der Waals surface area contributed by atoms with Crippen LogP contribution in [0.25, 0.3) is 0 Å². The minimum absolute atomic E-state index is 0.0147. The average Bonchev–Trinajstić information content (AvgIpc) is 2.60. The van der Waals surface area contributed by atoms with Gasteiger partial charge in [-0.25, -0.2) is 18.2 Å². The van der Waals surface area contributed by atoms with E-state index in [0.29, 0.717) is 11.4 Å². The number of aromatic nitrogens is 1. The van der Waals surface area contributed by atoms with Crippen molar-refractivity contribution < 1.29 is 18.0 Å². The third-order valence-electron chi connectivity index (χ3n) is 3.40. The summed E-state index contributed by atoms with van der Waals surface area (Å²) < 4.78 is 39.9. The molecule has 3 rings (SSSR count). The van der Waals surface area contributed by atoms with Crippen LogP contribution >= 0.6 is 11.6 Å². The number of halogens is 4. The number of amides is 1. The predicted octanol–water partition coefficient (Wildman–Crippen LogP) is 5.15. The van der Waals surface area contributed by atoms with Crippen molar-refractivity contribution in [2.24, 2.45) is 0 Å². The van der Waals surface area contributed by atoms with Gasteiger partial charge in [0, 0.05) is 11.8 Å². The highest BCUT2D eigenvalue weighted by Gasteiger charge is 2.16. The minimum Gasteiger partial charge on any atom is -0.354 e. The summed E-state index contributed by atoms with van der Waals surface area (Å²) in [5.41, 5.74) is 0.540. The maximum atomic E-state index is 13.7. The van der Waals surface area contributed by atoms with Crippen molar-refractivity contribution in [1.29, 1.82) is 0 Å². The third kappa shape index (κ3) is 3.94. The van der Waals surface area contributed by atoms with E-state index < -0.39 is 23.4 Å². The minimum atomic E-state index is -0.978. The van der Waals surface area contributed by atoms with Gasteiger partial charge in [-0.2, -0.15) is 0 Å². The number of nitrogens with zero attached hydrogens (tertiary/aromatic N) is 1. The number of hydrogen-bond donors (Lipinski definition) is 2. The summed E-state index contributed by atoms with van der Waals surface area (Å²) in [7, 11) is 0. The maximum absolute atomic E-state index is 13.7. The zero-order valence-corrected chi connectivity index (χ0v) is 13.8. The van der Waals surface area contributed by atoms with E-state index in [-0.39, 0.29) is 16.4 Å². The molecule has 1 heterocycles. The largest absolute Gasteiger partial charge is 0.354 e. The molecule has 0 spiro atoms. The lowest BCUT2D eigenvalue weighted by Crippen LogP contribution is -2.15. The lowest BCUT2D eigenvalue weighted by molar-refractivity contribution is 0.102. The molecule has 0 atom stereocenters. The van der Waals surface area contributed by atoms with Crippen LogP contribution in [0.15, 0.2) is 54.7 Å². The van der Waals surface area contributed by atoms with E-state index in [1.807, 2.05) is 0 Å². The fourth-order valence-electron chi connectivity index (χ4n) is 2.18. The highest BCUT2D eigenvalue weighted by molar-refractivity contribution is 6.34. The second kappa shape index (κ2) is 7.45. The molecule has 0 aliphatic heterocycles. The molecule has 132 valence electrons. The molecule has 1 amide bonds. The number of hydrogen-bond acceptors (Lipinski definition) is 3. The highest BCUT2D eigenvalue weighted by Crippen LogP contribution is 2.22. The summed E-state index contributed by atoms with van der Waals surface area (Å²) >= 11 is 5.84. The van der Waals surface area contributed by atoms with Gasteiger partial charge < -0.3 is 10.6 Å². The topological polar surface area (TPSA) is 54.0 Å². The Kier molecular flexibility index (Phi) is 5.09. The quantitative estimate of drug-likeness (QED) is 0.661. The molecule has 0 radical (unpaired) electrons. The molecule has 4 nitrogen and oxygen atoms in total. The van der Waals surface area contributed by atoms with Gasteiger partial charge in [-0.05, 0) is 36.4 Å². The second-order valence-corrected chi connectivity index (χ2v) is 5.64. The van der Waals surface area contributed by atoms with Crippen LogP contribution in [0.1, 0.15) is 10.4 Å². The first-order valence-corrected chi connectivity index (χ1v) is 7.75. The molecule has 0 saturated carbocycles. The van der Waals surface area contributed by atoms with Crippen molar-refractivity contribution >= 4 is 34.7 Å². The summed E-state index contributed by atoms with van der Waals surface area (Å²) in [6, 6.07) is 10.3. The molecule has 0 bridgehead atoms. The summed E-state index contributed by atoms with van der Waals surface area (Å²) in [5, 5.41) is 5.26. The van der Waals surface area contributed by atoms with Crippen LogP contribution < -0.4 is 10.6 Å². The third-order valence-corrected chi connectivity index (χ3v) is 3.72. The maximum Gasteiger partial charge on any atom is 0.261 e. The van der Waals surface area contributed by atoms with E-state index in [1.165, 1.54) is 30.5 Å². The van der Waals surface area contributed by atoms with Crippen LogP contribution in [-0.4, -0.2) is 10.9 Å². The molecule has 0 aliphatic carbocycles. The standard InChI is InChI=1S/C18H11ClF3N3O/c19-12-2-1-3-14(21)17(12)18(26)25-16-7-5-11(9-23-16)24-10-4-6-13(20)15(22)8-10/h1-9,24H,(H,23,25,26). The lowest BCUT2D eigenvalue weighted by Gasteiger charge is -2.09. The normalized spacial score (nSPS) is 10.5. The summed E-state index contributed by atoms with van der Waals surface area (Å²) in [4.78, 5) is 16.1. The van der Waals surface area contributed by atoms with Gasteiger partial charge in [-0.15, -0.1) is 0 Å². The SMILES string of the molecule is O=C(Nc1ccc(Nc2ccc(F)c(F)c2)cn1)c1c(F)cccc1Cl. The fraction of sp³-hybridized carbons (Fsp3) is 0. The molecule has 26 heavy (non-hydrogen) atoms. The smallest absolute Gasteiger partial charge is 0.261 e. The van der Waals surface area contributed by atoms with Crippen LogP contribution in [0, 0.1) is 17.5 Å². The van der Waals surface area contributed by atoms with Crippen LogP contribution in [-0.2, 0) is 0 Å². The number of rotatable bonds is 4. The number of carbonyl (C=O) groups is 1. The molecular weight excluding hydrogens is 367 g/mol. The van der Waals surface area contributed by atoms with E-state index in [9.17, 15) is 18.0 Å². The summed E-state index contributed by atoms with van der Waals surface area (Å²) in [6.07, 6.45) is 1.37. The Morgan fingerprint density at radius 1 is 0.923 bits per heavy atom. The van der Waals surface area contributed by atoms with E-state index in [2.05, 4.69) is 15.6 Å². The molecular formula is C18H11ClF3N3O. The van der Waals surface area contributed by atoms with Gasteiger partial charge in [0.2, 0.25) is 0 Å². The van der Waals surface area contributed by atoms with Gasteiger partial charge >= 0.3 is 0 Å². The molecule has 0 fully saturated rings. The molecule has 2 N–H and O–H groups in total. The predicted molar refractivity (Wildman–Crippen MR) is 93.2 cm³/mol. The lowest BCUT2D eigenvalue weighted by atomic mass is 10.2. The number of pyridine rings is 1. The van der Waals surface area contributed by atoms with E-state index >= 15 is 0 Å². The van der Waals surface area contributed by atoms with Gasteiger partial charge in [0.25, 0.3) is 5.91 Å². The Balaban J connectivity index is 1.71. The van der Waals surface area contributed by atoms with Crippen molar-refractivity contribution in [3.05, 3.63) is 82.8 Å². The molecule has 8 heteroatoms. The molecule has 0 unspecified atom stereocenters.